The number of aliphatic hydroxyl groups excluding tert-OH is 1. The third-order valence-electron chi connectivity index (χ3n) is 8.38. The quantitative estimate of drug-likeness (QED) is 0.560. The third-order valence-corrected chi connectivity index (χ3v) is 8.38. The van der Waals surface area contributed by atoms with Gasteiger partial charge in [-0.15, -0.1) is 0 Å². The van der Waals surface area contributed by atoms with Gasteiger partial charge in [-0.25, -0.2) is 0 Å². The van der Waals surface area contributed by atoms with Crippen LogP contribution in [0.25, 0.3) is 0 Å². The molecule has 39 heavy (non-hydrogen) atoms. The molecule has 1 N–H and O–H groups in total. The summed E-state index contributed by atoms with van der Waals surface area (Å²) in [4.78, 5) is 47.7. The maximum absolute atomic E-state index is 14.4. The molecule has 2 fully saturated rings. The second-order valence-corrected chi connectivity index (χ2v) is 11.9. The molecular weight excluding hydrogens is 498 g/mol. The summed E-state index contributed by atoms with van der Waals surface area (Å²) in [5.74, 6) is -1.72. The fraction of sp³-hybridized carbons (Fsp3) is 0.567. The lowest BCUT2D eigenvalue weighted by atomic mass is 9.74. The van der Waals surface area contributed by atoms with Crippen molar-refractivity contribution < 1.29 is 29.0 Å². The number of benzene rings is 1. The zero-order valence-electron chi connectivity index (χ0n) is 23.4. The van der Waals surface area contributed by atoms with Crippen molar-refractivity contribution in [1.29, 1.82) is 0 Å². The summed E-state index contributed by atoms with van der Waals surface area (Å²) in [5.41, 5.74) is -2.17. The van der Waals surface area contributed by atoms with E-state index in [0.29, 0.717) is 37.6 Å². The van der Waals surface area contributed by atoms with Crippen LogP contribution in [-0.4, -0.2) is 88.3 Å². The van der Waals surface area contributed by atoms with E-state index in [2.05, 4.69) is 0 Å². The molecule has 3 amide bonds. The molecule has 4 aliphatic heterocycles. The molecule has 1 aromatic carbocycles. The lowest BCUT2D eigenvalue weighted by Crippen LogP contribution is -2.59. The maximum Gasteiger partial charge on any atom is 0.249 e. The molecule has 2 saturated heterocycles. The number of likely N-dealkylation sites (tertiary alicyclic amines) is 1. The first-order valence-corrected chi connectivity index (χ1v) is 13.8. The third kappa shape index (κ3) is 4.26. The summed E-state index contributed by atoms with van der Waals surface area (Å²) in [6.45, 7) is 11.0. The lowest BCUT2D eigenvalue weighted by molar-refractivity contribution is -0.154. The highest BCUT2D eigenvalue weighted by atomic mass is 16.5. The molecule has 4 heterocycles. The van der Waals surface area contributed by atoms with Crippen LogP contribution >= 0.6 is 0 Å². The van der Waals surface area contributed by atoms with Crippen LogP contribution in [0.5, 0.6) is 5.75 Å². The van der Waals surface area contributed by atoms with Gasteiger partial charge >= 0.3 is 0 Å². The van der Waals surface area contributed by atoms with Crippen molar-refractivity contribution >= 4 is 23.4 Å². The average Bonchev–Trinajstić information content (AvgIpc) is 3.13. The number of ether oxygens (including phenoxy) is 2. The highest BCUT2D eigenvalue weighted by molar-refractivity contribution is 6.04. The van der Waals surface area contributed by atoms with E-state index < -0.39 is 34.6 Å². The summed E-state index contributed by atoms with van der Waals surface area (Å²) < 4.78 is 12.4. The van der Waals surface area contributed by atoms with E-state index >= 15 is 0 Å². The Morgan fingerprint density at radius 2 is 1.69 bits per heavy atom. The van der Waals surface area contributed by atoms with Gasteiger partial charge in [0.15, 0.2) is 0 Å². The summed E-state index contributed by atoms with van der Waals surface area (Å²) in [6.07, 6.45) is 7.85. The highest BCUT2D eigenvalue weighted by Crippen LogP contribution is 2.57. The Balaban J connectivity index is 1.59. The van der Waals surface area contributed by atoms with Crippen LogP contribution in [0.1, 0.15) is 41.0 Å². The van der Waals surface area contributed by atoms with Gasteiger partial charge in [0.2, 0.25) is 17.7 Å². The SMILES string of the molecule is CCOc1ccc(N2CC=C[C@@]3(C)O[C@]45C=CCN(C(C)(C)C)C(=O)C4N(CCCO)C(=O)[C@@H]5[C@H]3C2=O)cc1. The number of carbonyl (C=O) groups is 3. The van der Waals surface area contributed by atoms with Crippen LogP contribution in [0.3, 0.4) is 0 Å². The Morgan fingerprint density at radius 1 is 1.00 bits per heavy atom. The van der Waals surface area contributed by atoms with Crippen molar-refractivity contribution in [1.82, 2.24) is 9.80 Å². The molecule has 1 aromatic rings. The van der Waals surface area contributed by atoms with Gasteiger partial charge in [0.25, 0.3) is 0 Å². The number of aliphatic hydroxyl groups is 1. The fourth-order valence-corrected chi connectivity index (χ4v) is 6.73. The van der Waals surface area contributed by atoms with Crippen molar-refractivity contribution in [2.45, 2.75) is 63.8 Å². The monoisotopic (exact) mass is 537 g/mol. The van der Waals surface area contributed by atoms with Crippen LogP contribution < -0.4 is 9.64 Å². The standard InChI is InChI=1S/C30H39N3O6/c1-6-38-21-12-10-20(11-13-21)31-16-7-14-29(5)22(25(31)35)23-26(36)32(17-9-19-34)24-27(37)33(28(2,3)4)18-8-15-30(23,24)39-29/h7-8,10-15,22-24,34H,6,9,16-19H2,1-5H3/t22-,23-,24?,29+,30-/m0/s1. The van der Waals surface area contributed by atoms with Crippen molar-refractivity contribution in [3.63, 3.8) is 0 Å². The van der Waals surface area contributed by atoms with E-state index in [1.165, 1.54) is 0 Å². The zero-order chi connectivity index (χ0) is 28.2. The van der Waals surface area contributed by atoms with Crippen molar-refractivity contribution in [2.24, 2.45) is 11.8 Å². The predicted octanol–water partition coefficient (Wildman–Crippen LogP) is 2.54. The molecule has 0 saturated carbocycles. The van der Waals surface area contributed by atoms with Gasteiger partial charge in [0.1, 0.15) is 17.4 Å². The minimum atomic E-state index is -1.30. The van der Waals surface area contributed by atoms with E-state index in [-0.39, 0.29) is 30.9 Å². The molecule has 1 unspecified atom stereocenters. The molecule has 9 heteroatoms. The summed E-state index contributed by atoms with van der Waals surface area (Å²) in [6, 6.07) is 6.41. The van der Waals surface area contributed by atoms with Gasteiger partial charge in [-0.05, 0) is 65.3 Å². The number of fused-ring (bicyclic) bond motifs is 2. The minimum absolute atomic E-state index is 0.115. The summed E-state index contributed by atoms with van der Waals surface area (Å²) >= 11 is 0. The van der Waals surface area contributed by atoms with Crippen LogP contribution in [0.15, 0.2) is 48.6 Å². The van der Waals surface area contributed by atoms with Gasteiger partial charge in [-0.3, -0.25) is 14.4 Å². The first kappa shape index (κ1) is 27.4. The smallest absolute Gasteiger partial charge is 0.249 e. The molecule has 1 spiro atoms. The van der Waals surface area contributed by atoms with Crippen LogP contribution in [0, 0.1) is 11.8 Å². The molecule has 0 aromatic heterocycles. The summed E-state index contributed by atoms with van der Waals surface area (Å²) in [5, 5.41) is 9.58. The van der Waals surface area contributed by atoms with Crippen molar-refractivity contribution in [3.8, 4) is 5.75 Å². The Morgan fingerprint density at radius 3 is 2.33 bits per heavy atom. The Kier molecular flexibility index (Phi) is 6.87. The van der Waals surface area contributed by atoms with E-state index in [0.717, 1.165) is 0 Å². The molecule has 0 bridgehead atoms. The number of anilines is 1. The largest absolute Gasteiger partial charge is 0.494 e. The van der Waals surface area contributed by atoms with Gasteiger partial charge < -0.3 is 29.3 Å². The predicted molar refractivity (Wildman–Crippen MR) is 146 cm³/mol. The number of rotatable bonds is 6. The Hall–Kier alpha value is -3.17. The zero-order valence-corrected chi connectivity index (χ0v) is 23.4. The van der Waals surface area contributed by atoms with Gasteiger partial charge in [0, 0.05) is 37.5 Å². The average molecular weight is 538 g/mol. The van der Waals surface area contributed by atoms with E-state index in [9.17, 15) is 19.5 Å². The first-order chi connectivity index (χ1) is 18.5. The van der Waals surface area contributed by atoms with E-state index in [1.54, 1.807) is 14.7 Å². The van der Waals surface area contributed by atoms with Gasteiger partial charge in [-0.1, -0.05) is 24.3 Å². The maximum atomic E-state index is 14.4. The van der Waals surface area contributed by atoms with E-state index in [4.69, 9.17) is 9.47 Å². The molecule has 210 valence electrons. The normalized spacial score (nSPS) is 32.2. The number of hydrogen-bond acceptors (Lipinski definition) is 6. The highest BCUT2D eigenvalue weighted by Gasteiger charge is 2.74. The van der Waals surface area contributed by atoms with Crippen LogP contribution in [0.2, 0.25) is 0 Å². The van der Waals surface area contributed by atoms with E-state index in [1.807, 2.05) is 83.2 Å². The lowest BCUT2D eigenvalue weighted by Gasteiger charge is -2.41. The van der Waals surface area contributed by atoms with Gasteiger partial charge in [-0.2, -0.15) is 0 Å². The Labute approximate surface area is 230 Å². The number of carbonyl (C=O) groups excluding carboxylic acids is 3. The van der Waals surface area contributed by atoms with Crippen LogP contribution in [-0.2, 0) is 19.1 Å². The van der Waals surface area contributed by atoms with Gasteiger partial charge in [0.05, 0.1) is 24.0 Å². The molecule has 0 aliphatic carbocycles. The topological polar surface area (TPSA) is 99.6 Å². The number of amides is 3. The molecule has 5 rings (SSSR count). The number of nitrogens with zero attached hydrogens (tertiary/aromatic N) is 3. The first-order valence-electron chi connectivity index (χ1n) is 13.8. The number of hydrogen-bond donors (Lipinski definition) is 1. The molecular formula is C30H39N3O6. The van der Waals surface area contributed by atoms with Crippen LogP contribution in [0.4, 0.5) is 5.69 Å². The molecule has 5 atom stereocenters. The summed E-state index contributed by atoms with van der Waals surface area (Å²) in [7, 11) is 0. The Bertz CT molecular complexity index is 1200. The fourth-order valence-electron chi connectivity index (χ4n) is 6.73. The van der Waals surface area contributed by atoms with Crippen molar-refractivity contribution in [3.05, 3.63) is 48.6 Å². The second-order valence-electron chi connectivity index (χ2n) is 11.9. The minimum Gasteiger partial charge on any atom is -0.494 e. The second kappa shape index (κ2) is 9.78. The van der Waals surface area contributed by atoms with Crippen molar-refractivity contribution in [2.75, 3.05) is 37.7 Å². The molecule has 0 radical (unpaired) electrons. The molecule has 9 nitrogen and oxygen atoms in total. The molecule has 4 aliphatic rings.